The monoisotopic (exact) mass is 255 g/mol. The predicted molar refractivity (Wildman–Crippen MR) is 72.4 cm³/mol. The zero-order valence-electron chi connectivity index (χ0n) is 11.0. The van der Waals surface area contributed by atoms with Gasteiger partial charge >= 0.3 is 0 Å². The van der Waals surface area contributed by atoms with Crippen molar-refractivity contribution < 1.29 is 9.59 Å². The van der Waals surface area contributed by atoms with Gasteiger partial charge in [0, 0.05) is 23.4 Å². The van der Waals surface area contributed by atoms with E-state index in [-0.39, 0.29) is 29.7 Å². The lowest BCUT2D eigenvalue weighted by Crippen LogP contribution is -2.40. The normalized spacial score (nSPS) is 29.4. The number of nitrogens with zero attached hydrogens (tertiary/aromatic N) is 1. The number of allylic oxidation sites excluding steroid dienone is 1. The molecule has 0 radical (unpaired) electrons. The lowest BCUT2D eigenvalue weighted by molar-refractivity contribution is -0.129. The number of imide groups is 1. The summed E-state index contributed by atoms with van der Waals surface area (Å²) in [5, 5.41) is 0. The van der Waals surface area contributed by atoms with Gasteiger partial charge in [-0.1, -0.05) is 37.3 Å². The Morgan fingerprint density at radius 1 is 1.26 bits per heavy atom. The molecule has 2 amide bonds. The standard InChI is InChI=1S/C16H17NO2/c1-11-13-9-5-6-10-14(13)17(15(11)18)16(19)12-7-3-2-4-8-12/h2-5,7-9,11,13-14H,6,10H2,1H3. The van der Waals surface area contributed by atoms with Crippen LogP contribution in [0.1, 0.15) is 30.1 Å². The van der Waals surface area contributed by atoms with Crippen LogP contribution in [0.25, 0.3) is 0 Å². The van der Waals surface area contributed by atoms with Crippen molar-refractivity contribution in [2.24, 2.45) is 11.8 Å². The zero-order valence-corrected chi connectivity index (χ0v) is 11.0. The number of carbonyl (C=O) groups is 2. The van der Waals surface area contributed by atoms with Crippen LogP contribution in [0, 0.1) is 11.8 Å². The van der Waals surface area contributed by atoms with Crippen molar-refractivity contribution in [2.75, 3.05) is 0 Å². The van der Waals surface area contributed by atoms with Gasteiger partial charge in [-0.3, -0.25) is 14.5 Å². The second-order valence-corrected chi connectivity index (χ2v) is 5.32. The summed E-state index contributed by atoms with van der Waals surface area (Å²) >= 11 is 0. The third-order valence-corrected chi connectivity index (χ3v) is 4.21. The fraction of sp³-hybridized carbons (Fsp3) is 0.375. The summed E-state index contributed by atoms with van der Waals surface area (Å²) in [6, 6.07) is 9.11. The number of likely N-dealkylation sites (tertiary alicyclic amines) is 1. The summed E-state index contributed by atoms with van der Waals surface area (Å²) in [7, 11) is 0. The quantitative estimate of drug-likeness (QED) is 0.571. The summed E-state index contributed by atoms with van der Waals surface area (Å²) in [5.41, 5.74) is 0.596. The molecule has 1 heterocycles. The topological polar surface area (TPSA) is 37.4 Å². The Morgan fingerprint density at radius 3 is 2.74 bits per heavy atom. The molecule has 1 aromatic rings. The highest BCUT2D eigenvalue weighted by Gasteiger charge is 2.47. The summed E-state index contributed by atoms with van der Waals surface area (Å²) in [6.45, 7) is 1.92. The maximum atomic E-state index is 12.5. The maximum Gasteiger partial charge on any atom is 0.260 e. The van der Waals surface area contributed by atoms with Crippen LogP contribution in [0.5, 0.6) is 0 Å². The van der Waals surface area contributed by atoms with E-state index in [2.05, 4.69) is 12.2 Å². The SMILES string of the molecule is CC1C(=O)N(C(=O)c2ccccc2)C2CCC=CC12. The molecule has 98 valence electrons. The van der Waals surface area contributed by atoms with E-state index < -0.39 is 0 Å². The summed E-state index contributed by atoms with van der Waals surface area (Å²) in [4.78, 5) is 26.4. The van der Waals surface area contributed by atoms with Crippen LogP contribution in [-0.4, -0.2) is 22.8 Å². The molecule has 1 saturated heterocycles. The van der Waals surface area contributed by atoms with Crippen molar-refractivity contribution in [3.8, 4) is 0 Å². The first-order valence-electron chi connectivity index (χ1n) is 6.79. The highest BCUT2D eigenvalue weighted by Crippen LogP contribution is 2.37. The van der Waals surface area contributed by atoms with Crippen LogP contribution in [0.3, 0.4) is 0 Å². The first-order valence-corrected chi connectivity index (χ1v) is 6.79. The van der Waals surface area contributed by atoms with Gasteiger partial charge in [0.15, 0.2) is 0 Å². The van der Waals surface area contributed by atoms with Gasteiger partial charge in [0.2, 0.25) is 5.91 Å². The van der Waals surface area contributed by atoms with Gasteiger partial charge in [0.25, 0.3) is 5.91 Å². The Kier molecular flexibility index (Phi) is 2.97. The predicted octanol–water partition coefficient (Wildman–Crippen LogP) is 2.64. The number of benzene rings is 1. The van der Waals surface area contributed by atoms with Crippen molar-refractivity contribution in [3.05, 3.63) is 48.0 Å². The third-order valence-electron chi connectivity index (χ3n) is 4.21. The largest absolute Gasteiger partial charge is 0.275 e. The van der Waals surface area contributed by atoms with Gasteiger partial charge in [0.05, 0.1) is 0 Å². The van der Waals surface area contributed by atoms with E-state index in [0.29, 0.717) is 5.56 Å². The molecule has 3 unspecified atom stereocenters. The van der Waals surface area contributed by atoms with Crippen LogP contribution in [0.15, 0.2) is 42.5 Å². The van der Waals surface area contributed by atoms with E-state index in [1.54, 1.807) is 12.1 Å². The summed E-state index contributed by atoms with van der Waals surface area (Å²) in [6.07, 6.45) is 6.06. The lowest BCUT2D eigenvalue weighted by Gasteiger charge is -2.27. The number of carbonyl (C=O) groups excluding carboxylic acids is 2. The number of rotatable bonds is 1. The van der Waals surface area contributed by atoms with Gasteiger partial charge in [-0.15, -0.1) is 0 Å². The molecule has 1 aromatic carbocycles. The molecule has 1 aliphatic heterocycles. The van der Waals surface area contributed by atoms with E-state index in [4.69, 9.17) is 0 Å². The van der Waals surface area contributed by atoms with Crippen molar-refractivity contribution in [1.29, 1.82) is 0 Å². The smallest absolute Gasteiger partial charge is 0.260 e. The van der Waals surface area contributed by atoms with Crippen LogP contribution < -0.4 is 0 Å². The maximum absolute atomic E-state index is 12.5. The van der Waals surface area contributed by atoms with Gasteiger partial charge in [-0.05, 0) is 25.0 Å². The van der Waals surface area contributed by atoms with Crippen molar-refractivity contribution in [1.82, 2.24) is 4.90 Å². The molecule has 3 heteroatoms. The van der Waals surface area contributed by atoms with Crippen molar-refractivity contribution in [3.63, 3.8) is 0 Å². The molecule has 0 bridgehead atoms. The molecule has 2 aliphatic rings. The Hall–Kier alpha value is -1.90. The van der Waals surface area contributed by atoms with E-state index >= 15 is 0 Å². The Bertz CT molecular complexity index is 535. The second kappa shape index (κ2) is 4.65. The molecule has 3 nitrogen and oxygen atoms in total. The molecule has 0 N–H and O–H groups in total. The van der Waals surface area contributed by atoms with Gasteiger partial charge in [-0.25, -0.2) is 0 Å². The Balaban J connectivity index is 1.94. The fourth-order valence-corrected chi connectivity index (χ4v) is 3.16. The van der Waals surface area contributed by atoms with Gasteiger partial charge in [-0.2, -0.15) is 0 Å². The van der Waals surface area contributed by atoms with Crippen LogP contribution in [0.4, 0.5) is 0 Å². The van der Waals surface area contributed by atoms with Crippen LogP contribution in [0.2, 0.25) is 0 Å². The van der Waals surface area contributed by atoms with Gasteiger partial charge in [0.1, 0.15) is 0 Å². The first-order chi connectivity index (χ1) is 9.20. The molecule has 1 fully saturated rings. The number of amides is 2. The Morgan fingerprint density at radius 2 is 2.00 bits per heavy atom. The number of hydrogen-bond acceptors (Lipinski definition) is 2. The van der Waals surface area contributed by atoms with Crippen LogP contribution in [-0.2, 0) is 4.79 Å². The van der Waals surface area contributed by atoms with E-state index in [1.165, 1.54) is 4.90 Å². The summed E-state index contributed by atoms with van der Waals surface area (Å²) < 4.78 is 0. The summed E-state index contributed by atoms with van der Waals surface area (Å²) in [5.74, 6) is -0.0845. The van der Waals surface area contributed by atoms with Crippen molar-refractivity contribution in [2.45, 2.75) is 25.8 Å². The zero-order chi connectivity index (χ0) is 13.4. The molecule has 0 aromatic heterocycles. The molecule has 0 spiro atoms. The Labute approximate surface area is 112 Å². The van der Waals surface area contributed by atoms with E-state index in [1.807, 2.05) is 25.1 Å². The minimum absolute atomic E-state index is 0.0320. The highest BCUT2D eigenvalue weighted by atomic mass is 16.2. The lowest BCUT2D eigenvalue weighted by atomic mass is 9.85. The number of fused-ring (bicyclic) bond motifs is 1. The molecule has 3 atom stereocenters. The minimum Gasteiger partial charge on any atom is -0.275 e. The van der Waals surface area contributed by atoms with E-state index in [9.17, 15) is 9.59 Å². The second-order valence-electron chi connectivity index (χ2n) is 5.32. The van der Waals surface area contributed by atoms with Gasteiger partial charge < -0.3 is 0 Å². The molecule has 19 heavy (non-hydrogen) atoms. The van der Waals surface area contributed by atoms with Crippen molar-refractivity contribution >= 4 is 11.8 Å². The molecular weight excluding hydrogens is 238 g/mol. The van der Waals surface area contributed by atoms with Crippen LogP contribution >= 0.6 is 0 Å². The fourth-order valence-electron chi connectivity index (χ4n) is 3.16. The molecule has 0 saturated carbocycles. The minimum atomic E-state index is -0.153. The molecule has 1 aliphatic carbocycles. The highest BCUT2D eigenvalue weighted by molar-refractivity contribution is 6.06. The van der Waals surface area contributed by atoms with E-state index in [0.717, 1.165) is 12.8 Å². The average Bonchev–Trinajstić information content (AvgIpc) is 2.72. The third kappa shape index (κ3) is 1.89. The molecule has 3 rings (SSSR count). The first kappa shape index (κ1) is 12.2. The average molecular weight is 255 g/mol. The molecular formula is C16H17NO2. The number of hydrogen-bond donors (Lipinski definition) is 0.